The van der Waals surface area contributed by atoms with E-state index in [4.69, 9.17) is 4.74 Å². The van der Waals surface area contributed by atoms with Crippen molar-refractivity contribution in [3.63, 3.8) is 0 Å². The number of ether oxygens (including phenoxy) is 1. The molecule has 2 amide bonds. The maximum atomic E-state index is 12.3. The summed E-state index contributed by atoms with van der Waals surface area (Å²) < 4.78 is 5.29. The monoisotopic (exact) mass is 318 g/mol. The minimum absolute atomic E-state index is 0.0583. The van der Waals surface area contributed by atoms with Gasteiger partial charge in [-0.2, -0.15) is 0 Å². The Kier molecular flexibility index (Phi) is 7.32. The molecule has 0 bridgehead atoms. The van der Waals surface area contributed by atoms with Gasteiger partial charge in [-0.3, -0.25) is 9.59 Å². The Morgan fingerprint density at radius 2 is 2.04 bits per heavy atom. The van der Waals surface area contributed by atoms with Crippen LogP contribution in [0.5, 0.6) is 5.75 Å². The molecule has 0 unspecified atom stereocenters. The molecule has 0 aliphatic rings. The van der Waals surface area contributed by atoms with Gasteiger partial charge < -0.3 is 15.0 Å². The molecule has 0 aromatic heterocycles. The molecule has 23 heavy (non-hydrogen) atoms. The molecule has 0 radical (unpaired) electrons. The third-order valence-corrected chi connectivity index (χ3v) is 3.27. The second kappa shape index (κ2) is 8.98. The van der Waals surface area contributed by atoms with Crippen LogP contribution in [0.4, 0.5) is 0 Å². The van der Waals surface area contributed by atoms with Gasteiger partial charge in [0.1, 0.15) is 5.75 Å². The van der Waals surface area contributed by atoms with Gasteiger partial charge in [0.15, 0.2) is 0 Å². The van der Waals surface area contributed by atoms with E-state index in [1.165, 1.54) is 11.0 Å². The van der Waals surface area contributed by atoms with Crippen LogP contribution in [-0.4, -0.2) is 43.0 Å². The Morgan fingerprint density at radius 3 is 2.61 bits per heavy atom. The van der Waals surface area contributed by atoms with Crippen LogP contribution in [0.25, 0.3) is 6.08 Å². The Balaban J connectivity index is 2.79. The fourth-order valence-electron chi connectivity index (χ4n) is 2.14. The number of aryl methyl sites for hydroxylation is 1. The number of amides is 2. The average molecular weight is 318 g/mol. The largest absolute Gasteiger partial charge is 0.496 e. The molecule has 0 heterocycles. The van der Waals surface area contributed by atoms with E-state index < -0.39 is 0 Å². The SMILES string of the molecule is CCN(CC(=O)NC(C)C)C(=O)/C=C/c1cc(C)ccc1OC. The molecule has 5 heteroatoms. The highest BCUT2D eigenvalue weighted by Crippen LogP contribution is 2.21. The molecule has 0 saturated heterocycles. The average Bonchev–Trinajstić information content (AvgIpc) is 2.49. The predicted molar refractivity (Wildman–Crippen MR) is 92.3 cm³/mol. The molecule has 5 nitrogen and oxygen atoms in total. The Morgan fingerprint density at radius 1 is 1.35 bits per heavy atom. The Bertz CT molecular complexity index is 580. The molecule has 0 atom stereocenters. The lowest BCUT2D eigenvalue weighted by molar-refractivity contribution is -0.132. The van der Waals surface area contributed by atoms with E-state index in [1.807, 2.05) is 45.9 Å². The number of carbonyl (C=O) groups excluding carboxylic acids is 2. The highest BCUT2D eigenvalue weighted by molar-refractivity contribution is 5.94. The molecular weight excluding hydrogens is 292 g/mol. The van der Waals surface area contributed by atoms with Crippen molar-refractivity contribution in [2.45, 2.75) is 33.7 Å². The van der Waals surface area contributed by atoms with Crippen molar-refractivity contribution in [2.75, 3.05) is 20.2 Å². The smallest absolute Gasteiger partial charge is 0.247 e. The molecule has 0 aliphatic heterocycles. The van der Waals surface area contributed by atoms with E-state index in [0.29, 0.717) is 12.3 Å². The van der Waals surface area contributed by atoms with Crippen molar-refractivity contribution in [1.29, 1.82) is 0 Å². The van der Waals surface area contributed by atoms with Gasteiger partial charge in [-0.05, 0) is 45.9 Å². The van der Waals surface area contributed by atoms with E-state index >= 15 is 0 Å². The minimum atomic E-state index is -0.199. The third kappa shape index (κ3) is 6.14. The van der Waals surface area contributed by atoms with Crippen LogP contribution in [0.2, 0.25) is 0 Å². The van der Waals surface area contributed by atoms with Gasteiger partial charge in [0.25, 0.3) is 0 Å². The molecular formula is C18H26N2O3. The Labute approximate surface area is 138 Å². The van der Waals surface area contributed by atoms with Crippen LogP contribution in [-0.2, 0) is 9.59 Å². The van der Waals surface area contributed by atoms with E-state index in [-0.39, 0.29) is 24.4 Å². The lowest BCUT2D eigenvalue weighted by Gasteiger charge is -2.19. The second-order valence-electron chi connectivity index (χ2n) is 5.65. The van der Waals surface area contributed by atoms with Crippen molar-refractivity contribution in [3.8, 4) is 5.75 Å². The zero-order valence-electron chi connectivity index (χ0n) is 14.6. The maximum absolute atomic E-state index is 12.3. The number of likely N-dealkylation sites (N-methyl/N-ethyl adjacent to an activating group) is 1. The van der Waals surface area contributed by atoms with E-state index in [2.05, 4.69) is 5.32 Å². The molecule has 0 saturated carbocycles. The van der Waals surface area contributed by atoms with Crippen LogP contribution in [0.15, 0.2) is 24.3 Å². The topological polar surface area (TPSA) is 58.6 Å². The maximum Gasteiger partial charge on any atom is 0.247 e. The summed E-state index contributed by atoms with van der Waals surface area (Å²) in [6.07, 6.45) is 3.20. The summed E-state index contributed by atoms with van der Waals surface area (Å²) in [5.74, 6) is 0.354. The molecule has 126 valence electrons. The lowest BCUT2D eigenvalue weighted by atomic mass is 10.1. The number of nitrogens with zero attached hydrogens (tertiary/aromatic N) is 1. The first-order chi connectivity index (χ1) is 10.9. The van der Waals surface area contributed by atoms with Gasteiger partial charge in [0.05, 0.1) is 13.7 Å². The quantitative estimate of drug-likeness (QED) is 0.785. The number of benzene rings is 1. The van der Waals surface area contributed by atoms with Crippen LogP contribution >= 0.6 is 0 Å². The van der Waals surface area contributed by atoms with E-state index in [9.17, 15) is 9.59 Å². The van der Waals surface area contributed by atoms with Gasteiger partial charge in [-0.15, -0.1) is 0 Å². The number of nitrogens with one attached hydrogen (secondary N) is 1. The molecule has 1 N–H and O–H groups in total. The molecule has 1 aromatic carbocycles. The standard InChI is InChI=1S/C18H26N2O3/c1-6-20(12-17(21)19-13(2)3)18(22)10-8-15-11-14(4)7-9-16(15)23-5/h7-11,13H,6,12H2,1-5H3,(H,19,21)/b10-8+. The number of methoxy groups -OCH3 is 1. The Hall–Kier alpha value is -2.30. The molecule has 1 aromatic rings. The molecule has 0 aliphatic carbocycles. The first-order valence-electron chi connectivity index (χ1n) is 7.78. The first-order valence-corrected chi connectivity index (χ1v) is 7.78. The summed E-state index contributed by atoms with van der Waals surface area (Å²) in [7, 11) is 1.60. The van der Waals surface area contributed by atoms with Crippen LogP contribution < -0.4 is 10.1 Å². The second-order valence-corrected chi connectivity index (χ2v) is 5.65. The predicted octanol–water partition coefficient (Wildman–Crippen LogP) is 2.39. The van der Waals surface area contributed by atoms with E-state index in [0.717, 1.165) is 11.1 Å². The fraction of sp³-hybridized carbons (Fsp3) is 0.444. The van der Waals surface area contributed by atoms with Gasteiger partial charge in [0, 0.05) is 24.2 Å². The summed E-state index contributed by atoms with van der Waals surface area (Å²) >= 11 is 0. The van der Waals surface area contributed by atoms with Crippen LogP contribution in [0.3, 0.4) is 0 Å². The summed E-state index contributed by atoms with van der Waals surface area (Å²) in [5, 5.41) is 2.78. The zero-order valence-corrected chi connectivity index (χ0v) is 14.6. The van der Waals surface area contributed by atoms with Crippen LogP contribution in [0.1, 0.15) is 31.9 Å². The fourth-order valence-corrected chi connectivity index (χ4v) is 2.14. The van der Waals surface area contributed by atoms with Crippen molar-refractivity contribution in [1.82, 2.24) is 10.2 Å². The third-order valence-electron chi connectivity index (χ3n) is 3.27. The van der Waals surface area contributed by atoms with Gasteiger partial charge >= 0.3 is 0 Å². The van der Waals surface area contributed by atoms with E-state index in [1.54, 1.807) is 13.2 Å². The highest BCUT2D eigenvalue weighted by Gasteiger charge is 2.13. The number of hydrogen-bond acceptors (Lipinski definition) is 3. The van der Waals surface area contributed by atoms with Crippen molar-refractivity contribution in [3.05, 3.63) is 35.4 Å². The number of rotatable bonds is 7. The molecule has 0 fully saturated rings. The summed E-state index contributed by atoms with van der Waals surface area (Å²) in [4.78, 5) is 25.6. The number of carbonyl (C=O) groups is 2. The van der Waals surface area contributed by atoms with Crippen LogP contribution in [0, 0.1) is 6.92 Å². The zero-order chi connectivity index (χ0) is 17.4. The summed E-state index contributed by atoms with van der Waals surface area (Å²) in [6.45, 7) is 8.14. The lowest BCUT2D eigenvalue weighted by Crippen LogP contribution is -2.42. The highest BCUT2D eigenvalue weighted by atomic mass is 16.5. The first kappa shape index (κ1) is 18.7. The van der Waals surface area contributed by atoms with Gasteiger partial charge in [-0.1, -0.05) is 11.6 Å². The summed E-state index contributed by atoms with van der Waals surface area (Å²) in [5.41, 5.74) is 1.92. The van der Waals surface area contributed by atoms with Crippen molar-refractivity contribution < 1.29 is 14.3 Å². The summed E-state index contributed by atoms with van der Waals surface area (Å²) in [6, 6.07) is 5.83. The normalized spacial score (nSPS) is 10.9. The molecule has 0 spiro atoms. The van der Waals surface area contributed by atoms with Gasteiger partial charge in [0.2, 0.25) is 11.8 Å². The van der Waals surface area contributed by atoms with Crippen molar-refractivity contribution in [2.24, 2.45) is 0 Å². The van der Waals surface area contributed by atoms with Gasteiger partial charge in [-0.25, -0.2) is 0 Å². The minimum Gasteiger partial charge on any atom is -0.496 e. The van der Waals surface area contributed by atoms with Crippen molar-refractivity contribution >= 4 is 17.9 Å². The number of hydrogen-bond donors (Lipinski definition) is 1. The molecule has 1 rings (SSSR count).